The maximum absolute atomic E-state index is 13.6. The average Bonchev–Trinajstić information content (AvgIpc) is 3.35. The fraction of sp³-hybridized carbons (Fsp3) is 0.464. The molecule has 0 bridgehead atoms. The van der Waals surface area contributed by atoms with E-state index in [1.165, 1.54) is 17.3 Å². The van der Waals surface area contributed by atoms with Crippen molar-refractivity contribution < 1.29 is 19.6 Å². The molecule has 3 rings (SSSR count). The quantitative estimate of drug-likeness (QED) is 0.181. The molecule has 0 aromatic heterocycles. The van der Waals surface area contributed by atoms with Crippen LogP contribution in [0.2, 0.25) is 0 Å². The van der Waals surface area contributed by atoms with Crippen LogP contribution in [-0.4, -0.2) is 60.1 Å². The summed E-state index contributed by atoms with van der Waals surface area (Å²) in [5.41, 5.74) is 3.97. The van der Waals surface area contributed by atoms with Gasteiger partial charge < -0.3 is 15.5 Å². The number of benzene rings is 2. The van der Waals surface area contributed by atoms with Crippen LogP contribution >= 0.6 is 11.8 Å². The van der Waals surface area contributed by atoms with E-state index in [9.17, 15) is 14.4 Å². The Hall–Kier alpha value is -3.04. The van der Waals surface area contributed by atoms with Gasteiger partial charge in [-0.25, -0.2) is 5.48 Å². The van der Waals surface area contributed by atoms with Crippen molar-refractivity contribution in [2.24, 2.45) is 0 Å². The Labute approximate surface area is 223 Å². The third-order valence-electron chi connectivity index (χ3n) is 6.70. The molecule has 3 amide bonds. The molecule has 1 saturated carbocycles. The van der Waals surface area contributed by atoms with Crippen molar-refractivity contribution >= 4 is 35.2 Å². The van der Waals surface area contributed by atoms with Gasteiger partial charge in [-0.05, 0) is 61.3 Å². The second kappa shape index (κ2) is 14.0. The minimum atomic E-state index is -0.717. The number of hydrogen-bond donors (Lipinski definition) is 4. The van der Waals surface area contributed by atoms with Crippen molar-refractivity contribution in [2.45, 2.75) is 56.5 Å². The largest absolute Gasteiger partial charge is 0.378 e. The van der Waals surface area contributed by atoms with Gasteiger partial charge >= 0.3 is 0 Å². The van der Waals surface area contributed by atoms with E-state index < -0.39 is 11.9 Å². The smallest absolute Gasteiger partial charge is 0.251 e. The van der Waals surface area contributed by atoms with Gasteiger partial charge in [-0.1, -0.05) is 43.2 Å². The number of carbonyl (C=O) groups is 3. The highest BCUT2D eigenvalue weighted by molar-refractivity contribution is 7.99. The molecule has 2 aromatic carbocycles. The molecule has 0 saturated heterocycles. The number of amides is 3. The van der Waals surface area contributed by atoms with Gasteiger partial charge in [-0.3, -0.25) is 19.6 Å². The van der Waals surface area contributed by atoms with E-state index in [-0.39, 0.29) is 23.8 Å². The van der Waals surface area contributed by atoms with Gasteiger partial charge in [0.25, 0.3) is 5.91 Å². The molecule has 0 unspecified atom stereocenters. The van der Waals surface area contributed by atoms with E-state index in [1.807, 2.05) is 49.3 Å². The first kappa shape index (κ1) is 28.5. The number of thioether (sulfide) groups is 1. The molecule has 8 nitrogen and oxygen atoms in total. The molecule has 4 N–H and O–H groups in total. The number of anilines is 1. The Bertz CT molecular complexity index is 1020. The normalized spacial score (nSPS) is 15.0. The summed E-state index contributed by atoms with van der Waals surface area (Å²) in [6, 6.07) is 16.7. The van der Waals surface area contributed by atoms with E-state index in [2.05, 4.69) is 22.8 Å². The Morgan fingerprint density at radius 1 is 1.03 bits per heavy atom. The SMILES string of the molecule is CN(C)c1ccc(C(=O)N[C@@H](CSCCCC(=O)NO)C(=O)NC2(Cc3ccccc3)CCCC2)cc1. The van der Waals surface area contributed by atoms with Crippen molar-refractivity contribution in [1.29, 1.82) is 0 Å². The molecule has 1 atom stereocenters. The summed E-state index contributed by atoms with van der Waals surface area (Å²) in [6.07, 6.45) is 5.45. The molecule has 37 heavy (non-hydrogen) atoms. The van der Waals surface area contributed by atoms with E-state index in [4.69, 9.17) is 5.21 Å². The van der Waals surface area contributed by atoms with Gasteiger partial charge in [-0.2, -0.15) is 11.8 Å². The minimum absolute atomic E-state index is 0.184. The zero-order valence-electron chi connectivity index (χ0n) is 21.7. The summed E-state index contributed by atoms with van der Waals surface area (Å²) < 4.78 is 0. The Balaban J connectivity index is 1.69. The van der Waals surface area contributed by atoms with Gasteiger partial charge in [0.1, 0.15) is 6.04 Å². The van der Waals surface area contributed by atoms with Crippen molar-refractivity contribution in [2.75, 3.05) is 30.5 Å². The van der Waals surface area contributed by atoms with Gasteiger partial charge in [-0.15, -0.1) is 0 Å². The van der Waals surface area contributed by atoms with Gasteiger partial charge in [0.05, 0.1) is 0 Å². The lowest BCUT2D eigenvalue weighted by Gasteiger charge is -2.33. The standard InChI is InChI=1S/C28H38N4O4S/c1-32(2)23-14-12-22(13-15-23)26(34)29-24(20-37-18-8-11-25(33)31-36)27(35)30-28(16-6-7-17-28)19-21-9-4-3-5-10-21/h3-5,9-10,12-15,24,36H,6-8,11,16-20H2,1-2H3,(H,29,34)(H,30,35)(H,31,33)/t24-/m0/s1. The Kier molecular flexibility index (Phi) is 10.8. The molecule has 9 heteroatoms. The lowest BCUT2D eigenvalue weighted by atomic mass is 9.88. The molecule has 200 valence electrons. The Morgan fingerprint density at radius 2 is 1.70 bits per heavy atom. The van der Waals surface area contributed by atoms with Crippen LogP contribution in [0.4, 0.5) is 5.69 Å². The summed E-state index contributed by atoms with van der Waals surface area (Å²) in [6.45, 7) is 0. The van der Waals surface area contributed by atoms with Crippen LogP contribution in [-0.2, 0) is 16.0 Å². The van der Waals surface area contributed by atoms with E-state index in [0.717, 1.165) is 37.8 Å². The molecule has 0 radical (unpaired) electrons. The molecule has 1 aliphatic carbocycles. The summed E-state index contributed by atoms with van der Waals surface area (Å²) in [5, 5.41) is 14.9. The molecule has 0 heterocycles. The van der Waals surface area contributed by atoms with Gasteiger partial charge in [0, 0.05) is 43.1 Å². The first-order chi connectivity index (χ1) is 17.8. The fourth-order valence-electron chi connectivity index (χ4n) is 4.66. The van der Waals surface area contributed by atoms with Crippen LogP contribution in [0.5, 0.6) is 0 Å². The average molecular weight is 527 g/mol. The van der Waals surface area contributed by atoms with Crippen molar-refractivity contribution in [3.8, 4) is 0 Å². The van der Waals surface area contributed by atoms with E-state index in [0.29, 0.717) is 23.5 Å². The molecule has 1 aliphatic rings. The predicted molar refractivity (Wildman–Crippen MR) is 148 cm³/mol. The third kappa shape index (κ3) is 8.79. The number of nitrogens with one attached hydrogen (secondary N) is 3. The molecular formula is C28H38N4O4S. The van der Waals surface area contributed by atoms with Crippen LogP contribution < -0.4 is 21.0 Å². The Morgan fingerprint density at radius 3 is 2.32 bits per heavy atom. The zero-order chi connectivity index (χ0) is 26.7. The van der Waals surface area contributed by atoms with Crippen LogP contribution in [0.3, 0.4) is 0 Å². The summed E-state index contributed by atoms with van der Waals surface area (Å²) in [5.74, 6) is 0.0920. The molecule has 2 aromatic rings. The summed E-state index contributed by atoms with van der Waals surface area (Å²) in [7, 11) is 3.87. The van der Waals surface area contributed by atoms with Gasteiger partial charge in [0.2, 0.25) is 11.8 Å². The molecular weight excluding hydrogens is 488 g/mol. The topological polar surface area (TPSA) is 111 Å². The van der Waals surface area contributed by atoms with E-state index in [1.54, 1.807) is 17.6 Å². The summed E-state index contributed by atoms with van der Waals surface area (Å²) in [4.78, 5) is 39.9. The number of hydroxylamine groups is 1. The fourth-order valence-corrected chi connectivity index (χ4v) is 5.65. The van der Waals surface area contributed by atoms with E-state index >= 15 is 0 Å². The zero-order valence-corrected chi connectivity index (χ0v) is 22.5. The number of hydrogen-bond acceptors (Lipinski definition) is 6. The summed E-state index contributed by atoms with van der Waals surface area (Å²) >= 11 is 1.50. The highest BCUT2D eigenvalue weighted by Gasteiger charge is 2.37. The first-order valence-electron chi connectivity index (χ1n) is 12.8. The first-order valence-corrected chi connectivity index (χ1v) is 13.9. The monoisotopic (exact) mass is 526 g/mol. The maximum atomic E-state index is 13.6. The molecule has 0 aliphatic heterocycles. The number of nitrogens with zero attached hydrogens (tertiary/aromatic N) is 1. The van der Waals surface area contributed by atoms with Crippen molar-refractivity contribution in [3.63, 3.8) is 0 Å². The van der Waals surface area contributed by atoms with Crippen LogP contribution in [0.15, 0.2) is 54.6 Å². The van der Waals surface area contributed by atoms with Crippen LogP contribution in [0, 0.1) is 0 Å². The second-order valence-corrected chi connectivity index (χ2v) is 11.0. The van der Waals surface area contributed by atoms with Crippen LogP contribution in [0.1, 0.15) is 54.4 Å². The molecule has 1 fully saturated rings. The molecule has 0 spiro atoms. The lowest BCUT2D eigenvalue weighted by Crippen LogP contribution is -2.56. The lowest BCUT2D eigenvalue weighted by molar-refractivity contribution is -0.129. The minimum Gasteiger partial charge on any atom is -0.378 e. The third-order valence-corrected chi connectivity index (χ3v) is 7.85. The second-order valence-electron chi connectivity index (χ2n) is 9.82. The van der Waals surface area contributed by atoms with Gasteiger partial charge in [0.15, 0.2) is 0 Å². The highest BCUT2D eigenvalue weighted by Crippen LogP contribution is 2.33. The maximum Gasteiger partial charge on any atom is 0.251 e. The number of rotatable bonds is 13. The van der Waals surface area contributed by atoms with Crippen LogP contribution in [0.25, 0.3) is 0 Å². The van der Waals surface area contributed by atoms with Crippen molar-refractivity contribution in [3.05, 3.63) is 65.7 Å². The number of carbonyl (C=O) groups excluding carboxylic acids is 3. The van der Waals surface area contributed by atoms with Crippen molar-refractivity contribution in [1.82, 2.24) is 16.1 Å². The predicted octanol–water partition coefficient (Wildman–Crippen LogP) is 3.54. The highest BCUT2D eigenvalue weighted by atomic mass is 32.2.